The Hall–Kier alpha value is -7.11. The topological polar surface area (TPSA) is 55.1 Å². The molecule has 8 aromatic carbocycles. The molecule has 0 aliphatic heterocycles. The maximum Gasteiger partial charge on any atom is 0.164 e. The number of furan rings is 1. The minimum absolute atomic E-state index is 0.610. The average Bonchev–Trinajstić information content (AvgIpc) is 3.60. The zero-order valence-corrected chi connectivity index (χ0v) is 28.0. The summed E-state index contributed by atoms with van der Waals surface area (Å²) >= 11 is 0. The fraction of sp³-hybridized carbons (Fsp3) is 0. The van der Waals surface area contributed by atoms with E-state index in [1.165, 1.54) is 10.8 Å². The summed E-state index contributed by atoms with van der Waals surface area (Å²) in [6.07, 6.45) is 0. The highest BCUT2D eigenvalue weighted by Crippen LogP contribution is 2.43. The van der Waals surface area contributed by atoms with Crippen LogP contribution in [0, 0.1) is 0 Å². The number of para-hydroxylation sites is 1. The van der Waals surface area contributed by atoms with Gasteiger partial charge in [0.2, 0.25) is 0 Å². The highest BCUT2D eigenvalue weighted by Gasteiger charge is 2.20. The van der Waals surface area contributed by atoms with Gasteiger partial charge in [-0.25, -0.2) is 15.0 Å². The van der Waals surface area contributed by atoms with Crippen molar-refractivity contribution < 1.29 is 4.42 Å². The molecule has 0 N–H and O–H groups in total. The van der Waals surface area contributed by atoms with Gasteiger partial charge < -0.3 is 9.32 Å². The number of aromatic nitrogens is 3. The molecule has 0 bridgehead atoms. The van der Waals surface area contributed by atoms with Crippen LogP contribution in [0.25, 0.3) is 77.6 Å². The van der Waals surface area contributed by atoms with E-state index < -0.39 is 0 Å². The quantitative estimate of drug-likeness (QED) is 0.177. The number of anilines is 3. The lowest BCUT2D eigenvalue weighted by atomic mass is 9.99. The van der Waals surface area contributed by atoms with Crippen LogP contribution in [0.5, 0.6) is 0 Å². The van der Waals surface area contributed by atoms with Gasteiger partial charge in [-0.15, -0.1) is 0 Å². The summed E-state index contributed by atoms with van der Waals surface area (Å²) in [5.74, 6) is 1.86. The average molecular weight is 667 g/mol. The Morgan fingerprint density at radius 1 is 0.365 bits per heavy atom. The highest BCUT2D eigenvalue weighted by molar-refractivity contribution is 6.19. The van der Waals surface area contributed by atoms with E-state index in [1.54, 1.807) is 0 Å². The number of fused-ring (bicyclic) bond motifs is 6. The van der Waals surface area contributed by atoms with Crippen LogP contribution >= 0.6 is 0 Å². The maximum atomic E-state index is 6.67. The van der Waals surface area contributed by atoms with E-state index in [2.05, 4.69) is 126 Å². The Morgan fingerprint density at radius 3 is 1.63 bits per heavy atom. The lowest BCUT2D eigenvalue weighted by molar-refractivity contribution is 0.672. The van der Waals surface area contributed by atoms with Crippen molar-refractivity contribution in [3.8, 4) is 34.2 Å². The van der Waals surface area contributed by atoms with Crippen molar-refractivity contribution in [2.75, 3.05) is 4.90 Å². The van der Waals surface area contributed by atoms with Crippen LogP contribution in [-0.4, -0.2) is 15.0 Å². The number of benzene rings is 8. The normalized spacial score (nSPS) is 11.5. The van der Waals surface area contributed by atoms with Crippen molar-refractivity contribution in [2.24, 2.45) is 0 Å². The Bertz CT molecular complexity index is 2850. The van der Waals surface area contributed by atoms with Crippen molar-refractivity contribution in [2.45, 2.75) is 0 Å². The second kappa shape index (κ2) is 12.3. The lowest BCUT2D eigenvalue weighted by Gasteiger charge is -2.26. The Kier molecular flexibility index (Phi) is 7.07. The second-order valence-electron chi connectivity index (χ2n) is 12.9. The summed E-state index contributed by atoms with van der Waals surface area (Å²) in [7, 11) is 0. The SMILES string of the molecule is c1ccc(-c2nc(-c3ccccc3)nc(-c3cc4c5cc(N(c6ccccc6)c6ccc7ccccc7c6)ccc5oc4c4ccccc34)n2)cc1. The van der Waals surface area contributed by atoms with E-state index >= 15 is 0 Å². The van der Waals surface area contributed by atoms with Gasteiger partial charge in [0.1, 0.15) is 11.2 Å². The molecular formula is C47H30N4O. The minimum atomic E-state index is 0.610. The molecule has 0 saturated heterocycles. The summed E-state index contributed by atoms with van der Waals surface area (Å²) in [6.45, 7) is 0. The maximum absolute atomic E-state index is 6.67. The molecule has 0 fully saturated rings. The van der Waals surface area contributed by atoms with Gasteiger partial charge in [-0.2, -0.15) is 0 Å². The van der Waals surface area contributed by atoms with Crippen LogP contribution in [0.2, 0.25) is 0 Å². The molecule has 0 radical (unpaired) electrons. The molecular weight excluding hydrogens is 637 g/mol. The molecule has 52 heavy (non-hydrogen) atoms. The zero-order chi connectivity index (χ0) is 34.4. The number of nitrogens with zero attached hydrogens (tertiary/aromatic N) is 4. The second-order valence-corrected chi connectivity index (χ2v) is 12.9. The molecule has 0 atom stereocenters. The van der Waals surface area contributed by atoms with Gasteiger partial charge in [-0.3, -0.25) is 0 Å². The zero-order valence-electron chi connectivity index (χ0n) is 28.0. The first-order chi connectivity index (χ1) is 25.8. The number of rotatable bonds is 6. The number of hydrogen-bond acceptors (Lipinski definition) is 5. The summed E-state index contributed by atoms with van der Waals surface area (Å²) in [5, 5.41) is 6.43. The first-order valence-electron chi connectivity index (χ1n) is 17.4. The molecule has 10 aromatic rings. The molecule has 2 aromatic heterocycles. The summed E-state index contributed by atoms with van der Waals surface area (Å²) < 4.78 is 6.67. The molecule has 10 rings (SSSR count). The Morgan fingerprint density at radius 2 is 0.923 bits per heavy atom. The van der Waals surface area contributed by atoms with Crippen LogP contribution in [0.4, 0.5) is 17.1 Å². The van der Waals surface area contributed by atoms with Gasteiger partial charge in [0.15, 0.2) is 17.5 Å². The van der Waals surface area contributed by atoms with Gasteiger partial charge in [0, 0.05) is 49.9 Å². The third-order valence-electron chi connectivity index (χ3n) is 9.66. The fourth-order valence-corrected chi connectivity index (χ4v) is 7.18. The monoisotopic (exact) mass is 666 g/mol. The van der Waals surface area contributed by atoms with Crippen LogP contribution < -0.4 is 4.90 Å². The van der Waals surface area contributed by atoms with Crippen molar-refractivity contribution in [1.29, 1.82) is 0 Å². The van der Waals surface area contributed by atoms with Gasteiger partial charge in [0.25, 0.3) is 0 Å². The molecule has 5 nitrogen and oxygen atoms in total. The molecule has 244 valence electrons. The molecule has 0 amide bonds. The smallest absolute Gasteiger partial charge is 0.164 e. The predicted octanol–water partition coefficient (Wildman–Crippen LogP) is 12.5. The van der Waals surface area contributed by atoms with E-state index in [0.717, 1.165) is 66.5 Å². The third-order valence-corrected chi connectivity index (χ3v) is 9.66. The van der Waals surface area contributed by atoms with E-state index in [4.69, 9.17) is 19.4 Å². The molecule has 0 aliphatic rings. The van der Waals surface area contributed by atoms with Crippen molar-refractivity contribution in [1.82, 2.24) is 15.0 Å². The van der Waals surface area contributed by atoms with Gasteiger partial charge in [-0.05, 0) is 64.7 Å². The van der Waals surface area contributed by atoms with Crippen molar-refractivity contribution in [3.63, 3.8) is 0 Å². The summed E-state index contributed by atoms with van der Waals surface area (Å²) in [4.78, 5) is 17.5. The van der Waals surface area contributed by atoms with Gasteiger partial charge >= 0.3 is 0 Å². The van der Waals surface area contributed by atoms with E-state index in [9.17, 15) is 0 Å². The Labute approximate surface area is 300 Å². The van der Waals surface area contributed by atoms with Crippen LogP contribution in [-0.2, 0) is 0 Å². The third kappa shape index (κ3) is 5.15. The Balaban J connectivity index is 1.21. The predicted molar refractivity (Wildman–Crippen MR) is 213 cm³/mol. The minimum Gasteiger partial charge on any atom is -0.455 e. The first kappa shape index (κ1) is 29.8. The lowest BCUT2D eigenvalue weighted by Crippen LogP contribution is -2.09. The van der Waals surface area contributed by atoms with Crippen LogP contribution in [0.15, 0.2) is 186 Å². The molecule has 0 unspecified atom stereocenters. The summed E-state index contributed by atoms with van der Waals surface area (Å²) in [5.41, 5.74) is 7.62. The molecule has 0 aliphatic carbocycles. The van der Waals surface area contributed by atoms with Crippen molar-refractivity contribution in [3.05, 3.63) is 182 Å². The molecule has 0 spiro atoms. The molecule has 5 heteroatoms. The van der Waals surface area contributed by atoms with Gasteiger partial charge in [-0.1, -0.05) is 133 Å². The first-order valence-corrected chi connectivity index (χ1v) is 17.4. The van der Waals surface area contributed by atoms with Gasteiger partial charge in [0.05, 0.1) is 0 Å². The largest absolute Gasteiger partial charge is 0.455 e. The standard InChI is InChI=1S/C47H30N4O/c1-4-15-32(16-5-1)45-48-46(33-17-6-2-7-18-33)50-47(49-45)42-30-41-40-29-37(26-27-43(40)52-44(41)39-23-13-12-22-38(39)42)51(35-20-8-3-9-21-35)36-25-24-31-14-10-11-19-34(31)28-36/h1-30H. The molecule has 0 saturated carbocycles. The number of hydrogen-bond donors (Lipinski definition) is 0. The fourth-order valence-electron chi connectivity index (χ4n) is 7.18. The van der Waals surface area contributed by atoms with E-state index in [-0.39, 0.29) is 0 Å². The van der Waals surface area contributed by atoms with Crippen LogP contribution in [0.1, 0.15) is 0 Å². The van der Waals surface area contributed by atoms with E-state index in [0.29, 0.717) is 17.5 Å². The van der Waals surface area contributed by atoms with Crippen molar-refractivity contribution >= 4 is 60.5 Å². The van der Waals surface area contributed by atoms with E-state index in [1.807, 2.05) is 60.7 Å². The molecule has 2 heterocycles. The highest BCUT2D eigenvalue weighted by atomic mass is 16.3. The summed E-state index contributed by atoms with van der Waals surface area (Å²) in [6, 6.07) is 62.8. The van der Waals surface area contributed by atoms with Crippen LogP contribution in [0.3, 0.4) is 0 Å².